The van der Waals surface area contributed by atoms with Gasteiger partial charge in [-0.1, -0.05) is 0 Å². The molecule has 0 bridgehead atoms. The maximum atomic E-state index is 12.5. The summed E-state index contributed by atoms with van der Waals surface area (Å²) in [6.45, 7) is 10.9. The number of nitrogens with one attached hydrogen (secondary N) is 1. The summed E-state index contributed by atoms with van der Waals surface area (Å²) in [5, 5.41) is 4.53. The molecule has 3 heterocycles. The van der Waals surface area contributed by atoms with E-state index in [0.29, 0.717) is 19.0 Å². The van der Waals surface area contributed by atoms with E-state index < -0.39 is 0 Å². The van der Waals surface area contributed by atoms with Gasteiger partial charge >= 0.3 is 0 Å². The smallest absolute Gasteiger partial charge is 0.236 e. The van der Waals surface area contributed by atoms with Crippen LogP contribution in [0, 0.1) is 13.8 Å². The van der Waals surface area contributed by atoms with E-state index in [1.165, 1.54) is 11.3 Å². The molecular weight excluding hydrogens is 487 g/mol. The first-order chi connectivity index (χ1) is 13.1. The zero-order valence-electron chi connectivity index (χ0n) is 17.2. The van der Waals surface area contributed by atoms with E-state index in [9.17, 15) is 4.79 Å². The average Bonchev–Trinajstić information content (AvgIpc) is 3.01. The van der Waals surface area contributed by atoms with Crippen molar-refractivity contribution in [3.8, 4) is 0 Å². The number of aromatic nitrogens is 1. The van der Waals surface area contributed by atoms with Gasteiger partial charge in [-0.15, -0.1) is 35.3 Å². The molecular formula is C19H33IN6OS. The molecule has 0 unspecified atom stereocenters. The maximum absolute atomic E-state index is 12.5. The fourth-order valence-electron chi connectivity index (χ4n) is 3.65. The van der Waals surface area contributed by atoms with E-state index in [4.69, 9.17) is 0 Å². The van der Waals surface area contributed by atoms with Crippen molar-refractivity contribution >= 4 is 47.2 Å². The number of hydrogen-bond acceptors (Lipinski definition) is 5. The molecule has 3 rings (SSSR count). The summed E-state index contributed by atoms with van der Waals surface area (Å²) in [5.74, 6) is 1.21. The van der Waals surface area contributed by atoms with Crippen molar-refractivity contribution in [1.29, 1.82) is 0 Å². The predicted molar refractivity (Wildman–Crippen MR) is 126 cm³/mol. The van der Waals surface area contributed by atoms with Crippen molar-refractivity contribution in [2.45, 2.75) is 39.7 Å². The van der Waals surface area contributed by atoms with Gasteiger partial charge in [0.25, 0.3) is 0 Å². The van der Waals surface area contributed by atoms with Crippen LogP contribution < -0.4 is 5.32 Å². The van der Waals surface area contributed by atoms with Crippen molar-refractivity contribution in [2.24, 2.45) is 4.99 Å². The second-order valence-corrected chi connectivity index (χ2v) is 8.64. The van der Waals surface area contributed by atoms with Gasteiger partial charge in [0.2, 0.25) is 5.91 Å². The summed E-state index contributed by atoms with van der Waals surface area (Å²) in [6.07, 6.45) is 3.56. The molecule has 28 heavy (non-hydrogen) atoms. The first kappa shape index (κ1) is 23.3. The molecule has 2 saturated heterocycles. The van der Waals surface area contributed by atoms with Gasteiger partial charge in [0.05, 0.1) is 18.8 Å². The standard InChI is InChI=1S/C19H32N6OS.HI/c1-15-16(2)27-17(22-15)13-21-19(20-3)25-11-9-23(10-12-25)14-18(26)24-7-5-4-6-8-24;/h4-14H2,1-3H3,(H,20,21);1H. The van der Waals surface area contributed by atoms with E-state index in [1.807, 2.05) is 11.9 Å². The third-order valence-electron chi connectivity index (χ3n) is 5.42. The fourth-order valence-corrected chi connectivity index (χ4v) is 4.53. The Bertz CT molecular complexity index is 646. The molecule has 158 valence electrons. The average molecular weight is 520 g/mol. The lowest BCUT2D eigenvalue weighted by Crippen LogP contribution is -2.54. The number of piperidine rings is 1. The zero-order chi connectivity index (χ0) is 19.2. The molecule has 7 nitrogen and oxygen atoms in total. The van der Waals surface area contributed by atoms with Gasteiger partial charge in [-0.05, 0) is 33.1 Å². The van der Waals surface area contributed by atoms with Crippen LogP contribution in [-0.2, 0) is 11.3 Å². The van der Waals surface area contributed by atoms with Crippen molar-refractivity contribution in [1.82, 2.24) is 25.0 Å². The number of amides is 1. The number of likely N-dealkylation sites (tertiary alicyclic amines) is 1. The highest BCUT2D eigenvalue weighted by atomic mass is 127. The summed E-state index contributed by atoms with van der Waals surface area (Å²) in [4.78, 5) is 29.3. The Balaban J connectivity index is 0.00000280. The van der Waals surface area contributed by atoms with Crippen molar-refractivity contribution in [3.63, 3.8) is 0 Å². The minimum absolute atomic E-state index is 0. The lowest BCUT2D eigenvalue weighted by atomic mass is 10.1. The number of guanidine groups is 1. The van der Waals surface area contributed by atoms with Crippen LogP contribution in [0.15, 0.2) is 4.99 Å². The van der Waals surface area contributed by atoms with Gasteiger partial charge in [0, 0.05) is 51.2 Å². The molecule has 0 spiro atoms. The van der Waals surface area contributed by atoms with Crippen LogP contribution in [0.3, 0.4) is 0 Å². The van der Waals surface area contributed by atoms with E-state index in [2.05, 4.69) is 38.9 Å². The number of piperazine rings is 1. The maximum Gasteiger partial charge on any atom is 0.236 e. The Labute approximate surface area is 189 Å². The summed E-state index contributed by atoms with van der Waals surface area (Å²) in [7, 11) is 1.83. The second kappa shape index (κ2) is 11.3. The lowest BCUT2D eigenvalue weighted by molar-refractivity contribution is -0.133. The molecule has 1 aromatic rings. The quantitative estimate of drug-likeness (QED) is 0.374. The van der Waals surface area contributed by atoms with Crippen LogP contribution in [0.2, 0.25) is 0 Å². The van der Waals surface area contributed by atoms with Gasteiger partial charge < -0.3 is 15.1 Å². The topological polar surface area (TPSA) is 64.1 Å². The first-order valence-electron chi connectivity index (χ1n) is 9.95. The van der Waals surface area contributed by atoms with Crippen LogP contribution in [0.1, 0.15) is 34.8 Å². The molecule has 2 aliphatic heterocycles. The third-order valence-corrected chi connectivity index (χ3v) is 6.49. The molecule has 2 fully saturated rings. The molecule has 0 atom stereocenters. The SMILES string of the molecule is CN=C(NCc1nc(C)c(C)s1)N1CCN(CC(=O)N2CCCCC2)CC1.I. The number of hydrogen-bond donors (Lipinski definition) is 1. The third kappa shape index (κ3) is 6.28. The Morgan fingerprint density at radius 3 is 2.32 bits per heavy atom. The van der Waals surface area contributed by atoms with Gasteiger partial charge in [-0.25, -0.2) is 4.98 Å². The highest BCUT2D eigenvalue weighted by Crippen LogP contribution is 2.16. The van der Waals surface area contributed by atoms with Crippen molar-refractivity contribution < 1.29 is 4.79 Å². The van der Waals surface area contributed by atoms with Crippen LogP contribution in [0.4, 0.5) is 0 Å². The highest BCUT2D eigenvalue weighted by Gasteiger charge is 2.24. The fraction of sp³-hybridized carbons (Fsp3) is 0.737. The van der Waals surface area contributed by atoms with Crippen molar-refractivity contribution in [3.05, 3.63) is 15.6 Å². The Hall–Kier alpha value is -0.940. The number of halogens is 1. The van der Waals surface area contributed by atoms with E-state index in [-0.39, 0.29) is 24.0 Å². The monoisotopic (exact) mass is 520 g/mol. The number of nitrogens with zero attached hydrogens (tertiary/aromatic N) is 5. The molecule has 0 aliphatic carbocycles. The number of aliphatic imine (C=N–C) groups is 1. The predicted octanol–water partition coefficient (Wildman–Crippen LogP) is 2.08. The summed E-state index contributed by atoms with van der Waals surface area (Å²) >= 11 is 1.74. The molecule has 9 heteroatoms. The number of thiazole rings is 1. The first-order valence-corrected chi connectivity index (χ1v) is 10.8. The largest absolute Gasteiger partial charge is 0.350 e. The van der Waals surface area contributed by atoms with Crippen LogP contribution in [0.25, 0.3) is 0 Å². The van der Waals surface area contributed by atoms with Crippen LogP contribution >= 0.6 is 35.3 Å². The van der Waals surface area contributed by atoms with Gasteiger partial charge in [-0.3, -0.25) is 14.7 Å². The van der Waals surface area contributed by atoms with Crippen LogP contribution in [-0.4, -0.2) is 84.4 Å². The molecule has 0 radical (unpaired) electrons. The Morgan fingerprint density at radius 1 is 1.07 bits per heavy atom. The van der Waals surface area contributed by atoms with Crippen molar-refractivity contribution in [2.75, 3.05) is 52.9 Å². The number of rotatable bonds is 4. The minimum atomic E-state index is 0. The molecule has 1 N–H and O–H groups in total. The molecule has 0 saturated carbocycles. The molecule has 2 aliphatic rings. The minimum Gasteiger partial charge on any atom is -0.350 e. The number of carbonyl (C=O) groups excluding carboxylic acids is 1. The van der Waals surface area contributed by atoms with Gasteiger partial charge in [-0.2, -0.15) is 0 Å². The Kier molecular flexibility index (Phi) is 9.42. The van der Waals surface area contributed by atoms with Gasteiger partial charge in [0.1, 0.15) is 5.01 Å². The Morgan fingerprint density at radius 2 is 1.75 bits per heavy atom. The number of aryl methyl sites for hydroxylation is 2. The molecule has 0 aromatic carbocycles. The zero-order valence-corrected chi connectivity index (χ0v) is 20.4. The summed E-state index contributed by atoms with van der Waals surface area (Å²) in [5.41, 5.74) is 1.11. The molecule has 1 aromatic heterocycles. The van der Waals surface area contributed by atoms with Gasteiger partial charge in [0.15, 0.2) is 5.96 Å². The number of carbonyl (C=O) groups is 1. The molecule has 1 amide bonds. The lowest BCUT2D eigenvalue weighted by Gasteiger charge is -2.37. The van der Waals surface area contributed by atoms with Crippen LogP contribution in [0.5, 0.6) is 0 Å². The summed E-state index contributed by atoms with van der Waals surface area (Å²) < 4.78 is 0. The highest BCUT2D eigenvalue weighted by molar-refractivity contribution is 14.0. The van der Waals surface area contributed by atoms with E-state index in [0.717, 1.165) is 68.8 Å². The second-order valence-electron chi connectivity index (χ2n) is 7.35. The summed E-state index contributed by atoms with van der Waals surface area (Å²) in [6, 6.07) is 0. The van der Waals surface area contributed by atoms with E-state index in [1.54, 1.807) is 11.3 Å². The normalized spacial score (nSPS) is 18.8. The van der Waals surface area contributed by atoms with E-state index >= 15 is 0 Å².